The molecule has 1 fully saturated rings. The average molecular weight is 377 g/mol. The number of hydrogen-bond donors (Lipinski definition) is 0. The highest BCUT2D eigenvalue weighted by atomic mass is 32.2. The number of sulfonamides is 1. The first-order valence-corrected chi connectivity index (χ1v) is 10.2. The summed E-state index contributed by atoms with van der Waals surface area (Å²) in [5, 5.41) is 4.28. The van der Waals surface area contributed by atoms with Crippen molar-refractivity contribution in [3.63, 3.8) is 0 Å². The van der Waals surface area contributed by atoms with Crippen LogP contribution in [0.5, 0.6) is 11.5 Å². The Morgan fingerprint density at radius 2 is 1.88 bits per heavy atom. The molecule has 2 aliphatic rings. The monoisotopic (exact) mass is 377 g/mol. The molecule has 1 unspecified atom stereocenters. The van der Waals surface area contributed by atoms with E-state index in [1.165, 1.54) is 0 Å². The molecule has 1 atom stereocenters. The topological polar surface area (TPSA) is 73.7 Å². The van der Waals surface area contributed by atoms with E-state index in [-0.39, 0.29) is 6.04 Å². The van der Waals surface area contributed by atoms with E-state index in [0.717, 1.165) is 18.4 Å². The van der Waals surface area contributed by atoms with Crippen molar-refractivity contribution in [1.82, 2.24) is 14.1 Å². The Hall–Kier alpha value is -2.06. The van der Waals surface area contributed by atoms with E-state index in [9.17, 15) is 8.42 Å². The molecule has 0 spiro atoms. The predicted octanol–water partition coefficient (Wildman–Crippen LogP) is 2.33. The number of fused-ring (bicyclic) bond motifs is 1. The largest absolute Gasteiger partial charge is 0.486 e. The summed E-state index contributed by atoms with van der Waals surface area (Å²) in [6.07, 6.45) is 1.62. The van der Waals surface area contributed by atoms with Crippen LogP contribution < -0.4 is 9.47 Å². The zero-order chi connectivity index (χ0) is 18.5. The van der Waals surface area contributed by atoms with Gasteiger partial charge in [-0.3, -0.25) is 4.68 Å². The number of nitrogens with zero attached hydrogens (tertiary/aromatic N) is 3. The molecule has 0 saturated carbocycles. The number of ether oxygens (including phenoxy) is 2. The van der Waals surface area contributed by atoms with Crippen LogP contribution in [0.3, 0.4) is 0 Å². The van der Waals surface area contributed by atoms with Crippen molar-refractivity contribution < 1.29 is 17.9 Å². The molecule has 1 saturated heterocycles. The van der Waals surface area contributed by atoms with Crippen LogP contribution in [0.25, 0.3) is 0 Å². The fraction of sp³-hybridized carbons (Fsp3) is 0.500. The minimum atomic E-state index is -3.62. The molecule has 0 radical (unpaired) electrons. The van der Waals surface area contributed by atoms with Crippen LogP contribution in [0, 0.1) is 13.8 Å². The van der Waals surface area contributed by atoms with Crippen LogP contribution in [-0.2, 0) is 17.1 Å². The van der Waals surface area contributed by atoms with Crippen molar-refractivity contribution in [2.45, 2.75) is 37.6 Å². The molecule has 8 heteroatoms. The van der Waals surface area contributed by atoms with Crippen molar-refractivity contribution in [1.29, 1.82) is 0 Å². The maximum atomic E-state index is 13.4. The van der Waals surface area contributed by atoms with E-state index >= 15 is 0 Å². The summed E-state index contributed by atoms with van der Waals surface area (Å²) in [6, 6.07) is 5.52. The molecule has 1 aromatic carbocycles. The highest BCUT2D eigenvalue weighted by Crippen LogP contribution is 2.41. The standard InChI is InChI=1S/C18H23N3O4S/c1-12-18(13(2)20(3)19-12)26(22,23)21-8-4-5-15(21)14-6-7-16-17(11-14)25-10-9-24-16/h6-7,11,15H,4-5,8-10H2,1-3H3. The van der Waals surface area contributed by atoms with Crippen LogP contribution >= 0.6 is 0 Å². The Morgan fingerprint density at radius 3 is 2.58 bits per heavy atom. The first kappa shape index (κ1) is 17.4. The van der Waals surface area contributed by atoms with Crippen LogP contribution in [0.1, 0.15) is 35.8 Å². The molecule has 0 amide bonds. The number of aryl methyl sites for hydroxylation is 2. The highest BCUT2D eigenvalue weighted by molar-refractivity contribution is 7.89. The van der Waals surface area contributed by atoms with Gasteiger partial charge >= 0.3 is 0 Å². The fourth-order valence-corrected chi connectivity index (χ4v) is 5.96. The molecule has 0 aliphatic carbocycles. The summed E-state index contributed by atoms with van der Waals surface area (Å²) in [7, 11) is -1.85. The second-order valence-electron chi connectivity index (χ2n) is 6.80. The van der Waals surface area contributed by atoms with Gasteiger partial charge in [0.15, 0.2) is 11.5 Å². The minimum Gasteiger partial charge on any atom is -0.486 e. The molecule has 0 N–H and O–H groups in total. The number of benzene rings is 1. The third-order valence-electron chi connectivity index (χ3n) is 5.16. The second-order valence-corrected chi connectivity index (χ2v) is 8.63. The summed E-state index contributed by atoms with van der Waals surface area (Å²) in [4.78, 5) is 0.324. The lowest BCUT2D eigenvalue weighted by atomic mass is 10.0. The quantitative estimate of drug-likeness (QED) is 0.821. The molecule has 4 rings (SSSR count). The molecule has 7 nitrogen and oxygen atoms in total. The fourth-order valence-electron chi connectivity index (χ4n) is 3.87. The van der Waals surface area contributed by atoms with E-state index in [4.69, 9.17) is 9.47 Å². The molecule has 3 heterocycles. The van der Waals surface area contributed by atoms with Gasteiger partial charge < -0.3 is 9.47 Å². The molecule has 1 aromatic heterocycles. The van der Waals surface area contributed by atoms with E-state index in [1.54, 1.807) is 29.9 Å². The molecule has 2 aromatic rings. The number of hydrogen-bond acceptors (Lipinski definition) is 5. The lowest BCUT2D eigenvalue weighted by molar-refractivity contribution is 0.171. The molecular formula is C18H23N3O4S. The predicted molar refractivity (Wildman–Crippen MR) is 96.0 cm³/mol. The van der Waals surface area contributed by atoms with Gasteiger partial charge in [0.2, 0.25) is 10.0 Å². The van der Waals surface area contributed by atoms with Crippen molar-refractivity contribution in [3.05, 3.63) is 35.2 Å². The second kappa shape index (κ2) is 6.28. The van der Waals surface area contributed by atoms with Gasteiger partial charge in [0, 0.05) is 13.6 Å². The van der Waals surface area contributed by atoms with Crippen LogP contribution in [-0.4, -0.2) is 42.3 Å². The maximum Gasteiger partial charge on any atom is 0.247 e. The molecule has 2 aliphatic heterocycles. The normalized spacial score (nSPS) is 20.5. The number of rotatable bonds is 3. The Morgan fingerprint density at radius 1 is 1.15 bits per heavy atom. The maximum absolute atomic E-state index is 13.4. The SMILES string of the molecule is Cc1nn(C)c(C)c1S(=O)(=O)N1CCCC1c1ccc2c(c1)OCCO2. The van der Waals surface area contributed by atoms with Gasteiger partial charge in [-0.2, -0.15) is 9.40 Å². The summed E-state index contributed by atoms with van der Waals surface area (Å²) in [5.41, 5.74) is 2.14. The summed E-state index contributed by atoms with van der Waals surface area (Å²) in [6.45, 7) is 5.10. The molecule has 140 valence electrons. The van der Waals surface area contributed by atoms with Crippen molar-refractivity contribution >= 4 is 10.0 Å². The Balaban J connectivity index is 1.72. The van der Waals surface area contributed by atoms with Crippen molar-refractivity contribution in [3.8, 4) is 11.5 Å². The molecule has 26 heavy (non-hydrogen) atoms. The minimum absolute atomic E-state index is 0.199. The molecule has 0 bridgehead atoms. The molecular weight excluding hydrogens is 354 g/mol. The van der Waals surface area contributed by atoms with Crippen LogP contribution in [0.15, 0.2) is 23.1 Å². The van der Waals surface area contributed by atoms with Gasteiger partial charge in [-0.1, -0.05) is 6.07 Å². The average Bonchev–Trinajstić information content (AvgIpc) is 3.20. The van der Waals surface area contributed by atoms with Gasteiger partial charge in [-0.15, -0.1) is 0 Å². The summed E-state index contributed by atoms with van der Waals surface area (Å²) < 4.78 is 41.2. The van der Waals surface area contributed by atoms with Gasteiger partial charge in [0.05, 0.1) is 17.4 Å². The Kier molecular flexibility index (Phi) is 4.19. The smallest absolute Gasteiger partial charge is 0.247 e. The van der Waals surface area contributed by atoms with Crippen LogP contribution in [0.2, 0.25) is 0 Å². The first-order valence-electron chi connectivity index (χ1n) is 8.81. The van der Waals surface area contributed by atoms with Gasteiger partial charge in [0.25, 0.3) is 0 Å². The van der Waals surface area contributed by atoms with Crippen molar-refractivity contribution in [2.24, 2.45) is 7.05 Å². The summed E-state index contributed by atoms with van der Waals surface area (Å²) in [5.74, 6) is 1.40. The Labute approximate surface area is 153 Å². The zero-order valence-corrected chi connectivity index (χ0v) is 16.0. The van der Waals surface area contributed by atoms with Gasteiger partial charge in [-0.25, -0.2) is 8.42 Å². The van der Waals surface area contributed by atoms with Gasteiger partial charge in [-0.05, 0) is 44.4 Å². The van der Waals surface area contributed by atoms with E-state index in [2.05, 4.69) is 5.10 Å². The lowest BCUT2D eigenvalue weighted by Crippen LogP contribution is -2.31. The van der Waals surface area contributed by atoms with Crippen LogP contribution in [0.4, 0.5) is 0 Å². The third-order valence-corrected chi connectivity index (χ3v) is 7.33. The van der Waals surface area contributed by atoms with Gasteiger partial charge in [0.1, 0.15) is 18.1 Å². The Bertz CT molecular complexity index is 952. The third kappa shape index (κ3) is 2.68. The number of aromatic nitrogens is 2. The van der Waals surface area contributed by atoms with E-state index in [0.29, 0.717) is 47.5 Å². The first-order chi connectivity index (χ1) is 12.4. The summed E-state index contributed by atoms with van der Waals surface area (Å²) >= 11 is 0. The van der Waals surface area contributed by atoms with E-state index < -0.39 is 10.0 Å². The van der Waals surface area contributed by atoms with E-state index in [1.807, 2.05) is 18.2 Å². The zero-order valence-electron chi connectivity index (χ0n) is 15.2. The lowest BCUT2D eigenvalue weighted by Gasteiger charge is -2.26. The highest BCUT2D eigenvalue weighted by Gasteiger charge is 2.39. The van der Waals surface area contributed by atoms with Crippen molar-refractivity contribution in [2.75, 3.05) is 19.8 Å².